The number of rotatable bonds is 3. The number of amides is 2. The van der Waals surface area contributed by atoms with Crippen LogP contribution in [0.5, 0.6) is 0 Å². The first-order valence-electron chi connectivity index (χ1n) is 10.5. The normalized spacial score (nSPS) is 18.4. The lowest BCUT2D eigenvalue weighted by Crippen LogP contribution is -2.40. The number of carbonyl (C=O) groups is 2. The van der Waals surface area contributed by atoms with Crippen molar-refractivity contribution in [2.45, 2.75) is 19.4 Å². The summed E-state index contributed by atoms with van der Waals surface area (Å²) in [7, 11) is -0.688. The number of ether oxygens (including phenoxy) is 1. The summed E-state index contributed by atoms with van der Waals surface area (Å²) in [5.74, 6) is -0.0873. The van der Waals surface area contributed by atoms with Gasteiger partial charge in [0.2, 0.25) is 0 Å². The molecule has 8 nitrogen and oxygen atoms in total. The number of carbonyl (C=O) groups excluding carboxylic acids is 2. The third-order valence-electron chi connectivity index (χ3n) is 6.14. The van der Waals surface area contributed by atoms with Gasteiger partial charge < -0.3 is 29.7 Å². The van der Waals surface area contributed by atoms with Gasteiger partial charge in [-0.25, -0.2) is 0 Å². The molecule has 0 unspecified atom stereocenters. The molecule has 0 radical (unpaired) electrons. The summed E-state index contributed by atoms with van der Waals surface area (Å²) in [6.07, 6.45) is 0. The van der Waals surface area contributed by atoms with Gasteiger partial charge in [0.05, 0.1) is 30.1 Å². The van der Waals surface area contributed by atoms with Gasteiger partial charge in [-0.3, -0.25) is 9.59 Å². The van der Waals surface area contributed by atoms with Gasteiger partial charge in [0.15, 0.2) is 0 Å². The molecule has 2 aromatic carbocycles. The quantitative estimate of drug-likeness (QED) is 0.614. The highest BCUT2D eigenvalue weighted by atomic mass is 16.7. The van der Waals surface area contributed by atoms with Crippen LogP contribution in [0, 0.1) is 0 Å². The van der Waals surface area contributed by atoms with Crippen molar-refractivity contribution in [1.82, 2.24) is 9.88 Å². The van der Waals surface area contributed by atoms with Gasteiger partial charge in [-0.2, -0.15) is 0 Å². The van der Waals surface area contributed by atoms with Crippen LogP contribution < -0.4 is 11.2 Å². The standard InChI is InChI=1S/C23H24BN3O5/c1-13-23(2,3)32-24(31-13)15-11-17-16-5-4-14(22(29)27-6-8-30-9-7-27)10-19(16)26-20(17)18(12-15)21(25)28/h4-5,10-12,26H,1,6-9H2,2-3H3,(H2,25,28). The first-order valence-corrected chi connectivity index (χ1v) is 10.5. The molecule has 0 spiro atoms. The summed E-state index contributed by atoms with van der Waals surface area (Å²) in [5, 5.41) is 1.68. The van der Waals surface area contributed by atoms with Crippen molar-refractivity contribution >= 4 is 46.2 Å². The molecule has 3 aromatic rings. The van der Waals surface area contributed by atoms with E-state index in [1.54, 1.807) is 17.0 Å². The van der Waals surface area contributed by atoms with E-state index < -0.39 is 18.6 Å². The molecule has 164 valence electrons. The average Bonchev–Trinajstić information content (AvgIpc) is 3.28. The largest absolute Gasteiger partial charge is 0.563 e. The zero-order chi connectivity index (χ0) is 22.6. The van der Waals surface area contributed by atoms with Crippen LogP contribution in [-0.2, 0) is 14.0 Å². The summed E-state index contributed by atoms with van der Waals surface area (Å²) in [4.78, 5) is 30.2. The Morgan fingerprint density at radius 1 is 1.16 bits per heavy atom. The minimum Gasteiger partial charge on any atom is -0.534 e. The van der Waals surface area contributed by atoms with Crippen molar-refractivity contribution in [2.24, 2.45) is 5.73 Å². The van der Waals surface area contributed by atoms with Gasteiger partial charge in [-0.05, 0) is 37.5 Å². The average molecular weight is 433 g/mol. The number of hydrogen-bond donors (Lipinski definition) is 2. The van der Waals surface area contributed by atoms with E-state index >= 15 is 0 Å². The molecule has 1 aromatic heterocycles. The van der Waals surface area contributed by atoms with Crippen molar-refractivity contribution in [3.8, 4) is 0 Å². The van der Waals surface area contributed by atoms with Gasteiger partial charge >= 0.3 is 7.12 Å². The minimum atomic E-state index is -0.688. The Morgan fingerprint density at radius 2 is 1.91 bits per heavy atom. The van der Waals surface area contributed by atoms with Crippen LogP contribution in [0.2, 0.25) is 0 Å². The maximum atomic E-state index is 12.9. The zero-order valence-electron chi connectivity index (χ0n) is 18.1. The third-order valence-corrected chi connectivity index (χ3v) is 6.14. The Labute approximate surface area is 185 Å². The number of benzene rings is 2. The van der Waals surface area contributed by atoms with Crippen molar-refractivity contribution in [3.05, 3.63) is 53.8 Å². The summed E-state index contributed by atoms with van der Waals surface area (Å²) in [6, 6.07) is 9.10. The number of H-pyrrole nitrogens is 1. The maximum Gasteiger partial charge on any atom is 0.563 e. The van der Waals surface area contributed by atoms with Crippen LogP contribution in [0.25, 0.3) is 21.8 Å². The number of aromatic nitrogens is 1. The number of morpholine rings is 1. The summed E-state index contributed by atoms with van der Waals surface area (Å²) in [6.45, 7) is 9.90. The molecule has 0 bridgehead atoms. The first kappa shape index (κ1) is 20.6. The molecule has 5 rings (SSSR count). The first-order chi connectivity index (χ1) is 15.2. The molecule has 32 heavy (non-hydrogen) atoms. The second-order valence-corrected chi connectivity index (χ2v) is 8.65. The molecule has 0 saturated carbocycles. The fraction of sp³-hybridized carbons (Fsp3) is 0.304. The molecule has 2 amide bonds. The fourth-order valence-electron chi connectivity index (χ4n) is 4.21. The van der Waals surface area contributed by atoms with E-state index in [1.165, 1.54) is 0 Å². The Bertz CT molecular complexity index is 1280. The number of hydrogen-bond acceptors (Lipinski definition) is 5. The second kappa shape index (κ2) is 7.39. The van der Waals surface area contributed by atoms with E-state index in [0.717, 1.165) is 16.3 Å². The molecule has 2 saturated heterocycles. The molecule has 2 fully saturated rings. The smallest absolute Gasteiger partial charge is 0.534 e. The fourth-order valence-corrected chi connectivity index (χ4v) is 4.21. The van der Waals surface area contributed by atoms with E-state index in [-0.39, 0.29) is 5.91 Å². The summed E-state index contributed by atoms with van der Waals surface area (Å²) in [5.41, 5.74) is 8.00. The van der Waals surface area contributed by atoms with E-state index in [4.69, 9.17) is 19.8 Å². The molecule has 0 atom stereocenters. The van der Waals surface area contributed by atoms with Gasteiger partial charge in [0.1, 0.15) is 5.60 Å². The van der Waals surface area contributed by atoms with Crippen LogP contribution in [0.1, 0.15) is 34.6 Å². The maximum absolute atomic E-state index is 12.9. The summed E-state index contributed by atoms with van der Waals surface area (Å²) >= 11 is 0. The highest BCUT2D eigenvalue weighted by Crippen LogP contribution is 2.32. The van der Waals surface area contributed by atoms with E-state index in [2.05, 4.69) is 11.6 Å². The van der Waals surface area contributed by atoms with Gasteiger partial charge in [0, 0.05) is 34.9 Å². The molecule has 9 heteroatoms. The number of aromatic amines is 1. The van der Waals surface area contributed by atoms with Crippen molar-refractivity contribution in [2.75, 3.05) is 26.3 Å². The molecule has 2 aliphatic heterocycles. The van der Waals surface area contributed by atoms with Gasteiger partial charge in [0.25, 0.3) is 11.8 Å². The minimum absolute atomic E-state index is 0.0434. The Hall–Kier alpha value is -3.30. The van der Waals surface area contributed by atoms with Crippen LogP contribution >= 0.6 is 0 Å². The highest BCUT2D eigenvalue weighted by molar-refractivity contribution is 6.63. The third kappa shape index (κ3) is 3.34. The predicted molar refractivity (Wildman–Crippen MR) is 122 cm³/mol. The van der Waals surface area contributed by atoms with E-state index in [1.807, 2.05) is 32.0 Å². The van der Waals surface area contributed by atoms with Crippen molar-refractivity contribution in [3.63, 3.8) is 0 Å². The Morgan fingerprint density at radius 3 is 2.56 bits per heavy atom. The topological polar surface area (TPSA) is 107 Å². The van der Waals surface area contributed by atoms with Crippen LogP contribution in [0.4, 0.5) is 0 Å². The number of nitrogens with two attached hydrogens (primary N) is 1. The lowest BCUT2D eigenvalue weighted by molar-refractivity contribution is 0.0303. The molecule has 2 aliphatic rings. The molecule has 3 N–H and O–H groups in total. The lowest BCUT2D eigenvalue weighted by Gasteiger charge is -2.26. The predicted octanol–water partition coefficient (Wildman–Crippen LogP) is 1.93. The molecule has 0 aliphatic carbocycles. The highest BCUT2D eigenvalue weighted by Gasteiger charge is 2.43. The molecular formula is C23H24BN3O5. The van der Waals surface area contributed by atoms with Gasteiger partial charge in [-0.1, -0.05) is 18.7 Å². The number of nitrogens with zero attached hydrogens (tertiary/aromatic N) is 1. The lowest BCUT2D eigenvalue weighted by atomic mass is 9.77. The number of fused-ring (bicyclic) bond motifs is 3. The molecule has 3 heterocycles. The summed E-state index contributed by atoms with van der Waals surface area (Å²) < 4.78 is 17.1. The Balaban J connectivity index is 1.60. The number of nitrogens with one attached hydrogen (secondary N) is 1. The number of primary amides is 1. The molecular weight excluding hydrogens is 409 g/mol. The van der Waals surface area contributed by atoms with E-state index in [9.17, 15) is 9.59 Å². The SMILES string of the molecule is C=C1OB(c2cc(C(N)=O)c3[nH]c4cc(C(=O)N5CCOCC5)ccc4c3c2)OC1(C)C. The van der Waals surface area contributed by atoms with Crippen LogP contribution in [0.3, 0.4) is 0 Å². The van der Waals surface area contributed by atoms with Gasteiger partial charge in [-0.15, -0.1) is 0 Å². The Kier molecular flexibility index (Phi) is 4.76. The van der Waals surface area contributed by atoms with Crippen molar-refractivity contribution < 1.29 is 23.6 Å². The zero-order valence-corrected chi connectivity index (χ0v) is 18.1. The van der Waals surface area contributed by atoms with Crippen LogP contribution in [0.15, 0.2) is 42.7 Å². The van der Waals surface area contributed by atoms with Crippen LogP contribution in [-0.4, -0.2) is 60.7 Å². The van der Waals surface area contributed by atoms with E-state index in [0.29, 0.717) is 54.2 Å². The van der Waals surface area contributed by atoms with Crippen molar-refractivity contribution in [1.29, 1.82) is 0 Å². The second-order valence-electron chi connectivity index (χ2n) is 8.65. The monoisotopic (exact) mass is 433 g/mol.